The Morgan fingerprint density at radius 3 is 2.55 bits per heavy atom. The van der Waals surface area contributed by atoms with Gasteiger partial charge in [-0.3, -0.25) is 10.3 Å². The summed E-state index contributed by atoms with van der Waals surface area (Å²) >= 11 is 6.20. The van der Waals surface area contributed by atoms with Crippen LogP contribution >= 0.6 is 11.6 Å². The van der Waals surface area contributed by atoms with Gasteiger partial charge >= 0.3 is 6.09 Å². The Balaban J connectivity index is 1.93. The number of halogens is 1. The van der Waals surface area contributed by atoms with E-state index in [9.17, 15) is 4.79 Å². The van der Waals surface area contributed by atoms with Crippen molar-refractivity contribution in [1.29, 1.82) is 0 Å². The number of ether oxygens (including phenoxy) is 1. The number of carbonyl (C=O) groups excluding carboxylic acids is 1. The summed E-state index contributed by atoms with van der Waals surface area (Å²) in [5.74, 6) is 0.529. The maximum Gasteiger partial charge on any atom is 0.412 e. The molecule has 0 aliphatic heterocycles. The number of anilines is 2. The molecular formula is C24H21ClN6O2. The van der Waals surface area contributed by atoms with Crippen LogP contribution in [0.25, 0.3) is 0 Å². The molecule has 3 heterocycles. The van der Waals surface area contributed by atoms with E-state index in [-0.39, 0.29) is 5.95 Å². The molecule has 3 N–H and O–H groups in total. The van der Waals surface area contributed by atoms with Crippen molar-refractivity contribution < 1.29 is 9.53 Å². The van der Waals surface area contributed by atoms with Gasteiger partial charge < -0.3 is 10.5 Å². The maximum atomic E-state index is 11.7. The summed E-state index contributed by atoms with van der Waals surface area (Å²) < 4.78 is 4.69. The Hall–Kier alpha value is -4.04. The highest BCUT2D eigenvalue weighted by molar-refractivity contribution is 6.30. The Kier molecular flexibility index (Phi) is 6.46. The van der Waals surface area contributed by atoms with Gasteiger partial charge in [-0.2, -0.15) is 0 Å². The van der Waals surface area contributed by atoms with Crippen LogP contribution in [0.5, 0.6) is 0 Å². The SMILES string of the molecule is COC(=O)Nc1cccc(CC(c2ccc(Cl)cc2)(c2cccnc2)c2ccnc(N)n2)n1. The van der Waals surface area contributed by atoms with Gasteiger partial charge in [-0.1, -0.05) is 35.9 Å². The van der Waals surface area contributed by atoms with Crippen molar-refractivity contribution in [2.75, 3.05) is 18.2 Å². The van der Waals surface area contributed by atoms with Crippen LogP contribution in [0.4, 0.5) is 16.6 Å². The van der Waals surface area contributed by atoms with E-state index in [2.05, 4.69) is 30.0 Å². The van der Waals surface area contributed by atoms with E-state index < -0.39 is 11.5 Å². The molecule has 0 saturated carbocycles. The van der Waals surface area contributed by atoms with E-state index >= 15 is 0 Å². The second-order valence-corrected chi connectivity index (χ2v) is 7.70. The molecule has 33 heavy (non-hydrogen) atoms. The van der Waals surface area contributed by atoms with Gasteiger partial charge in [0.25, 0.3) is 0 Å². The highest BCUT2D eigenvalue weighted by Crippen LogP contribution is 2.41. The van der Waals surface area contributed by atoms with E-state index in [4.69, 9.17) is 17.3 Å². The van der Waals surface area contributed by atoms with Crippen LogP contribution in [0, 0.1) is 0 Å². The van der Waals surface area contributed by atoms with Crippen LogP contribution in [-0.4, -0.2) is 33.1 Å². The maximum absolute atomic E-state index is 11.7. The number of nitrogens with two attached hydrogens (primary N) is 1. The number of methoxy groups -OCH3 is 1. The zero-order valence-corrected chi connectivity index (χ0v) is 18.5. The number of hydrogen-bond donors (Lipinski definition) is 2. The number of amides is 1. The highest BCUT2D eigenvalue weighted by atomic mass is 35.5. The van der Waals surface area contributed by atoms with Crippen LogP contribution < -0.4 is 11.1 Å². The Bertz CT molecular complexity index is 1250. The van der Waals surface area contributed by atoms with Gasteiger partial charge in [-0.15, -0.1) is 0 Å². The van der Waals surface area contributed by atoms with Gasteiger partial charge in [-0.25, -0.2) is 19.7 Å². The second-order valence-electron chi connectivity index (χ2n) is 7.26. The number of carbonyl (C=O) groups is 1. The minimum absolute atomic E-state index is 0.156. The first-order chi connectivity index (χ1) is 16.0. The van der Waals surface area contributed by atoms with E-state index in [1.54, 1.807) is 24.7 Å². The van der Waals surface area contributed by atoms with Crippen LogP contribution in [0.15, 0.2) is 79.3 Å². The number of benzene rings is 1. The molecule has 0 aliphatic carbocycles. The Labute approximate surface area is 195 Å². The van der Waals surface area contributed by atoms with Crippen molar-refractivity contribution in [2.45, 2.75) is 11.8 Å². The third-order valence-corrected chi connectivity index (χ3v) is 5.52. The molecular weight excluding hydrogens is 440 g/mol. The van der Waals surface area contributed by atoms with Gasteiger partial charge in [0.05, 0.1) is 18.2 Å². The molecule has 1 unspecified atom stereocenters. The normalized spacial score (nSPS) is 12.5. The summed E-state index contributed by atoms with van der Waals surface area (Å²) in [5, 5.41) is 3.22. The van der Waals surface area contributed by atoms with Gasteiger partial charge in [0.15, 0.2) is 0 Å². The molecule has 3 aromatic heterocycles. The predicted molar refractivity (Wildman–Crippen MR) is 126 cm³/mol. The molecule has 0 saturated heterocycles. The summed E-state index contributed by atoms with van der Waals surface area (Å²) in [4.78, 5) is 29.3. The first-order valence-electron chi connectivity index (χ1n) is 10.1. The molecule has 1 amide bonds. The molecule has 9 heteroatoms. The zero-order valence-electron chi connectivity index (χ0n) is 17.8. The summed E-state index contributed by atoms with van der Waals surface area (Å²) in [6, 6.07) is 18.6. The summed E-state index contributed by atoms with van der Waals surface area (Å²) in [7, 11) is 1.30. The van der Waals surface area contributed by atoms with E-state index in [1.807, 2.05) is 54.6 Å². The molecule has 0 radical (unpaired) electrons. The fraction of sp³-hybridized carbons (Fsp3) is 0.125. The Morgan fingerprint density at radius 2 is 1.85 bits per heavy atom. The minimum atomic E-state index is -0.813. The number of nitrogens with zero attached hydrogens (tertiary/aromatic N) is 4. The molecule has 1 aromatic carbocycles. The topological polar surface area (TPSA) is 116 Å². The van der Waals surface area contributed by atoms with Gasteiger partial charge in [0.2, 0.25) is 5.95 Å². The molecule has 4 aromatic rings. The summed E-state index contributed by atoms with van der Waals surface area (Å²) in [6.45, 7) is 0. The minimum Gasteiger partial charge on any atom is -0.453 e. The van der Waals surface area contributed by atoms with Crippen molar-refractivity contribution in [3.05, 3.63) is 107 Å². The average Bonchev–Trinajstić information content (AvgIpc) is 2.84. The quantitative estimate of drug-likeness (QED) is 0.441. The van der Waals surface area contributed by atoms with E-state index in [0.717, 1.165) is 11.1 Å². The number of aromatic nitrogens is 4. The van der Waals surface area contributed by atoms with E-state index in [0.29, 0.717) is 28.6 Å². The van der Waals surface area contributed by atoms with Crippen LogP contribution in [0.3, 0.4) is 0 Å². The lowest BCUT2D eigenvalue weighted by molar-refractivity contribution is 0.187. The Morgan fingerprint density at radius 1 is 1.03 bits per heavy atom. The molecule has 1 atom stereocenters. The monoisotopic (exact) mass is 460 g/mol. The number of nitrogens with one attached hydrogen (secondary N) is 1. The van der Waals surface area contributed by atoms with Crippen LogP contribution in [0.1, 0.15) is 22.5 Å². The van der Waals surface area contributed by atoms with Crippen molar-refractivity contribution in [3.63, 3.8) is 0 Å². The smallest absolute Gasteiger partial charge is 0.412 e. The number of hydrogen-bond acceptors (Lipinski definition) is 7. The average molecular weight is 461 g/mol. The summed E-state index contributed by atoms with van der Waals surface area (Å²) in [6.07, 6.45) is 4.93. The third-order valence-electron chi connectivity index (χ3n) is 5.27. The standard InChI is InChI=1S/C24H21ClN6O2/c1-33-23(32)31-21-6-2-5-19(29-21)14-24(17-4-3-12-27-15-17,16-7-9-18(25)10-8-16)20-11-13-28-22(26)30-20/h2-13,15H,14H2,1H3,(H2,26,28,30)(H,29,31,32). The van der Waals surface area contributed by atoms with Crippen molar-refractivity contribution >= 4 is 29.5 Å². The van der Waals surface area contributed by atoms with Gasteiger partial charge in [-0.05, 0) is 47.5 Å². The molecule has 0 spiro atoms. The largest absolute Gasteiger partial charge is 0.453 e. The molecule has 0 fully saturated rings. The lowest BCUT2D eigenvalue weighted by Crippen LogP contribution is -2.34. The number of pyridine rings is 2. The molecule has 4 rings (SSSR count). The fourth-order valence-electron chi connectivity index (χ4n) is 3.79. The third kappa shape index (κ3) is 4.75. The summed E-state index contributed by atoms with van der Waals surface area (Å²) in [5.41, 5.74) is 8.37. The molecule has 0 bridgehead atoms. The lowest BCUT2D eigenvalue weighted by Gasteiger charge is -2.34. The lowest BCUT2D eigenvalue weighted by atomic mass is 9.69. The molecule has 8 nitrogen and oxygen atoms in total. The first kappa shape index (κ1) is 22.2. The highest BCUT2D eigenvalue weighted by Gasteiger charge is 2.39. The van der Waals surface area contributed by atoms with Gasteiger partial charge in [0.1, 0.15) is 5.82 Å². The molecule has 0 aliphatic rings. The fourth-order valence-corrected chi connectivity index (χ4v) is 3.92. The predicted octanol–water partition coefficient (Wildman–Crippen LogP) is 4.26. The van der Waals surface area contributed by atoms with Crippen molar-refractivity contribution in [3.8, 4) is 0 Å². The molecule has 166 valence electrons. The van der Waals surface area contributed by atoms with Crippen molar-refractivity contribution in [2.24, 2.45) is 0 Å². The second kappa shape index (κ2) is 9.62. The number of nitrogen functional groups attached to an aromatic ring is 1. The zero-order chi connectivity index (χ0) is 23.3. The van der Waals surface area contributed by atoms with E-state index in [1.165, 1.54) is 7.11 Å². The van der Waals surface area contributed by atoms with Crippen molar-refractivity contribution in [1.82, 2.24) is 19.9 Å². The van der Waals surface area contributed by atoms with Gasteiger partial charge in [0, 0.05) is 35.7 Å². The number of rotatable bonds is 6. The van der Waals surface area contributed by atoms with Crippen LogP contribution in [-0.2, 0) is 16.6 Å². The van der Waals surface area contributed by atoms with Crippen LogP contribution in [0.2, 0.25) is 5.02 Å². The first-order valence-corrected chi connectivity index (χ1v) is 10.5.